The molecule has 0 saturated heterocycles. The van der Waals surface area contributed by atoms with Crippen molar-refractivity contribution in [3.05, 3.63) is 55.4 Å². The molecule has 0 saturated carbocycles. The van der Waals surface area contributed by atoms with Crippen LogP contribution in [-0.2, 0) is 25.4 Å². The van der Waals surface area contributed by atoms with Crippen LogP contribution in [0, 0.1) is 6.92 Å². The van der Waals surface area contributed by atoms with E-state index in [0.717, 1.165) is 20.3 Å². The van der Waals surface area contributed by atoms with Gasteiger partial charge in [0.2, 0.25) is 5.91 Å². The first-order valence-corrected chi connectivity index (χ1v) is 9.25. The Kier molecular flexibility index (Phi) is 5.31. The number of aryl methyl sites for hydroxylation is 3. The topological polar surface area (TPSA) is 90.9 Å². The molecule has 3 rings (SSSR count). The third kappa shape index (κ3) is 3.73. The summed E-state index contributed by atoms with van der Waals surface area (Å²) >= 11 is 3.43. The molecule has 9 heteroatoms. The lowest BCUT2D eigenvalue weighted by molar-refractivity contribution is -0.116. The number of hydrogen-bond acceptors (Lipinski definition) is 4. The molecule has 0 radical (unpaired) electrons. The number of halogens is 1. The Morgan fingerprint density at radius 3 is 2.67 bits per heavy atom. The molecular weight excluding hydrogens is 414 g/mol. The van der Waals surface area contributed by atoms with Gasteiger partial charge in [-0.1, -0.05) is 15.9 Å². The van der Waals surface area contributed by atoms with Crippen LogP contribution in [0.2, 0.25) is 0 Å². The average Bonchev–Trinajstić information content (AvgIpc) is 3.05. The molecule has 142 valence electrons. The molecule has 0 fully saturated rings. The molecule has 0 aliphatic rings. The summed E-state index contributed by atoms with van der Waals surface area (Å²) in [6, 6.07) is 5.63. The summed E-state index contributed by atoms with van der Waals surface area (Å²) in [7, 11) is 3.02. The zero-order valence-electron chi connectivity index (χ0n) is 15.3. The highest BCUT2D eigenvalue weighted by Crippen LogP contribution is 2.20. The van der Waals surface area contributed by atoms with Gasteiger partial charge in [-0.05, 0) is 37.1 Å². The average molecular weight is 434 g/mol. The molecule has 0 aliphatic heterocycles. The number of nitrogens with one attached hydrogen (secondary N) is 1. The predicted octanol–water partition coefficient (Wildman–Crippen LogP) is 1.92. The smallest absolute Gasteiger partial charge is 0.326 e. The highest BCUT2D eigenvalue weighted by molar-refractivity contribution is 9.10. The maximum absolute atomic E-state index is 12.4. The molecule has 2 aromatic heterocycles. The minimum Gasteiger partial charge on any atom is -0.326 e. The molecule has 1 amide bonds. The Balaban J connectivity index is 1.69. The number of benzene rings is 1. The number of hydrogen-bond donors (Lipinski definition) is 1. The van der Waals surface area contributed by atoms with Gasteiger partial charge in [0, 0.05) is 37.2 Å². The molecule has 1 aromatic carbocycles. The summed E-state index contributed by atoms with van der Waals surface area (Å²) in [5.41, 5.74) is 1.69. The van der Waals surface area contributed by atoms with Crippen molar-refractivity contribution in [2.75, 3.05) is 5.32 Å². The van der Waals surface area contributed by atoms with Crippen LogP contribution >= 0.6 is 15.9 Å². The van der Waals surface area contributed by atoms with Crippen molar-refractivity contribution in [2.24, 2.45) is 14.1 Å². The number of amides is 1. The molecule has 3 aromatic rings. The number of carbonyl (C=O) groups is 1. The Hall–Kier alpha value is -2.68. The van der Waals surface area contributed by atoms with E-state index in [9.17, 15) is 14.4 Å². The van der Waals surface area contributed by atoms with Gasteiger partial charge in [0.25, 0.3) is 5.56 Å². The molecule has 0 spiro atoms. The number of rotatable bonds is 5. The van der Waals surface area contributed by atoms with Gasteiger partial charge < -0.3 is 9.88 Å². The lowest BCUT2D eigenvalue weighted by Gasteiger charge is -2.08. The molecule has 0 atom stereocenters. The van der Waals surface area contributed by atoms with Crippen LogP contribution in [0.4, 0.5) is 5.69 Å². The van der Waals surface area contributed by atoms with Crippen LogP contribution in [0.15, 0.2) is 38.6 Å². The van der Waals surface area contributed by atoms with Crippen LogP contribution in [0.25, 0.3) is 11.2 Å². The standard InChI is InChI=1S/C18H20BrN5O3/c1-11-9-12(6-7-13(11)19)21-14(25)5-4-8-24-10-20-16-15(24)17(26)23(3)18(27)22(16)2/h6-7,9-10H,4-5,8H2,1-3H3,(H,21,25). The number of anilines is 1. The van der Waals surface area contributed by atoms with Gasteiger partial charge in [-0.15, -0.1) is 0 Å². The first-order valence-electron chi connectivity index (χ1n) is 8.46. The number of fused-ring (bicyclic) bond motifs is 1. The molecule has 0 aliphatic carbocycles. The maximum atomic E-state index is 12.4. The van der Waals surface area contributed by atoms with Crippen molar-refractivity contribution in [3.63, 3.8) is 0 Å². The Bertz CT molecular complexity index is 1140. The Labute approximate surface area is 163 Å². The van der Waals surface area contributed by atoms with Crippen molar-refractivity contribution in [1.82, 2.24) is 18.7 Å². The fourth-order valence-electron chi connectivity index (χ4n) is 2.92. The number of nitrogens with zero attached hydrogens (tertiary/aromatic N) is 4. The third-order valence-corrected chi connectivity index (χ3v) is 5.35. The van der Waals surface area contributed by atoms with Crippen molar-refractivity contribution < 1.29 is 4.79 Å². The Morgan fingerprint density at radius 1 is 1.22 bits per heavy atom. The fourth-order valence-corrected chi connectivity index (χ4v) is 3.17. The number of imidazole rings is 1. The van der Waals surface area contributed by atoms with E-state index in [1.807, 2.05) is 25.1 Å². The van der Waals surface area contributed by atoms with E-state index in [1.54, 1.807) is 11.6 Å². The summed E-state index contributed by atoms with van der Waals surface area (Å²) < 4.78 is 5.08. The van der Waals surface area contributed by atoms with Crippen LogP contribution in [0.1, 0.15) is 18.4 Å². The van der Waals surface area contributed by atoms with Gasteiger partial charge in [-0.3, -0.25) is 18.7 Å². The third-order valence-electron chi connectivity index (χ3n) is 4.46. The highest BCUT2D eigenvalue weighted by atomic mass is 79.9. The predicted molar refractivity (Wildman–Crippen MR) is 107 cm³/mol. The second-order valence-corrected chi connectivity index (χ2v) is 7.29. The van der Waals surface area contributed by atoms with E-state index in [-0.39, 0.29) is 11.5 Å². The molecule has 0 unspecified atom stereocenters. The Morgan fingerprint density at radius 2 is 1.96 bits per heavy atom. The van der Waals surface area contributed by atoms with Crippen molar-refractivity contribution >= 4 is 38.7 Å². The second-order valence-electron chi connectivity index (χ2n) is 6.43. The molecule has 1 N–H and O–H groups in total. The van der Waals surface area contributed by atoms with Crippen molar-refractivity contribution in [2.45, 2.75) is 26.3 Å². The SMILES string of the molecule is Cc1cc(NC(=O)CCCn2cnc3c2c(=O)n(C)c(=O)n3C)ccc1Br. The van der Waals surface area contributed by atoms with Gasteiger partial charge in [0.15, 0.2) is 11.2 Å². The molecule has 0 bridgehead atoms. The maximum Gasteiger partial charge on any atom is 0.332 e. The lowest BCUT2D eigenvalue weighted by atomic mass is 10.2. The monoisotopic (exact) mass is 433 g/mol. The van der Waals surface area contributed by atoms with Gasteiger partial charge in [-0.2, -0.15) is 0 Å². The van der Waals surface area contributed by atoms with E-state index in [0.29, 0.717) is 30.6 Å². The highest BCUT2D eigenvalue weighted by Gasteiger charge is 2.14. The van der Waals surface area contributed by atoms with Gasteiger partial charge in [0.05, 0.1) is 6.33 Å². The summed E-state index contributed by atoms with van der Waals surface area (Å²) in [5.74, 6) is -0.0959. The molecular formula is C18H20BrN5O3. The first kappa shape index (κ1) is 19.1. The van der Waals surface area contributed by atoms with E-state index in [4.69, 9.17) is 0 Å². The van der Waals surface area contributed by atoms with E-state index in [1.165, 1.54) is 17.9 Å². The van der Waals surface area contributed by atoms with Crippen molar-refractivity contribution in [3.8, 4) is 0 Å². The van der Waals surface area contributed by atoms with Gasteiger partial charge in [0.1, 0.15) is 0 Å². The minimum atomic E-state index is -0.415. The summed E-state index contributed by atoms with van der Waals surface area (Å²) in [4.78, 5) is 40.7. The molecule has 8 nitrogen and oxygen atoms in total. The van der Waals surface area contributed by atoms with Gasteiger partial charge in [-0.25, -0.2) is 9.78 Å². The summed E-state index contributed by atoms with van der Waals surface area (Å²) in [6.45, 7) is 2.41. The van der Waals surface area contributed by atoms with Crippen LogP contribution in [0.5, 0.6) is 0 Å². The van der Waals surface area contributed by atoms with Crippen LogP contribution in [0.3, 0.4) is 0 Å². The largest absolute Gasteiger partial charge is 0.332 e. The zero-order chi connectivity index (χ0) is 19.7. The zero-order valence-corrected chi connectivity index (χ0v) is 16.9. The number of carbonyl (C=O) groups excluding carboxylic acids is 1. The van der Waals surface area contributed by atoms with E-state index in [2.05, 4.69) is 26.2 Å². The lowest BCUT2D eigenvalue weighted by Crippen LogP contribution is -2.37. The minimum absolute atomic E-state index is 0.0959. The summed E-state index contributed by atoms with van der Waals surface area (Å²) in [6.07, 6.45) is 2.38. The van der Waals surface area contributed by atoms with Crippen molar-refractivity contribution in [1.29, 1.82) is 0 Å². The van der Waals surface area contributed by atoms with Crippen LogP contribution in [-0.4, -0.2) is 24.6 Å². The first-order chi connectivity index (χ1) is 12.8. The van der Waals surface area contributed by atoms with E-state index < -0.39 is 5.69 Å². The quantitative estimate of drug-likeness (QED) is 0.665. The molecule has 27 heavy (non-hydrogen) atoms. The number of aromatic nitrogens is 4. The summed E-state index contributed by atoms with van der Waals surface area (Å²) in [5, 5.41) is 2.87. The normalized spacial score (nSPS) is 11.1. The second kappa shape index (κ2) is 7.51. The van der Waals surface area contributed by atoms with Crippen LogP contribution < -0.4 is 16.6 Å². The fraction of sp³-hybridized carbons (Fsp3) is 0.333. The van der Waals surface area contributed by atoms with Gasteiger partial charge >= 0.3 is 5.69 Å². The van der Waals surface area contributed by atoms with E-state index >= 15 is 0 Å². The molecule has 2 heterocycles.